The van der Waals surface area contributed by atoms with Crippen LogP contribution in [-0.2, 0) is 0 Å². The molecule has 0 saturated heterocycles. The Morgan fingerprint density at radius 2 is 2.29 bits per heavy atom. The quantitative estimate of drug-likeness (QED) is 0.737. The topological polar surface area (TPSA) is 34.1 Å². The molecule has 3 nitrogen and oxygen atoms in total. The van der Waals surface area contributed by atoms with Crippen LogP contribution >= 0.6 is 0 Å². The molecule has 0 spiro atoms. The molecule has 1 saturated carbocycles. The second kappa shape index (κ2) is 6.01. The molecular weight excluding hydrogens is 212 g/mol. The molecule has 94 valence electrons. The molecule has 0 bridgehead atoms. The van der Waals surface area contributed by atoms with Gasteiger partial charge >= 0.3 is 0 Å². The minimum Gasteiger partial charge on any atom is -0.489 e. The smallest absolute Gasteiger partial charge is 0.138 e. The molecule has 3 heteroatoms. The normalized spacial score (nSPS) is 16.8. The fourth-order valence-electron chi connectivity index (χ4n) is 1.80. The van der Waals surface area contributed by atoms with Crippen molar-refractivity contribution in [3.63, 3.8) is 0 Å². The molecule has 1 N–H and O–H groups in total. The molecule has 1 aromatic rings. The molecule has 1 aliphatic carbocycles. The number of nitrogens with one attached hydrogen (secondary N) is 1. The van der Waals surface area contributed by atoms with Crippen LogP contribution in [0.2, 0.25) is 0 Å². The van der Waals surface area contributed by atoms with Crippen molar-refractivity contribution in [3.8, 4) is 5.75 Å². The molecule has 1 aliphatic rings. The molecule has 1 atom stereocenters. The third-order valence-electron chi connectivity index (χ3n) is 3.02. The summed E-state index contributed by atoms with van der Waals surface area (Å²) in [5.74, 6) is 0.873. The monoisotopic (exact) mass is 234 g/mol. The summed E-state index contributed by atoms with van der Waals surface area (Å²) in [5.41, 5.74) is 1.03. The van der Waals surface area contributed by atoms with Crippen molar-refractivity contribution in [3.05, 3.63) is 24.0 Å². The SMILES string of the molecule is Cc1ccc(OC(C)CCCNC2CC2)cn1. The summed E-state index contributed by atoms with van der Waals surface area (Å²) in [4.78, 5) is 4.22. The van der Waals surface area contributed by atoms with Crippen molar-refractivity contribution in [1.29, 1.82) is 0 Å². The van der Waals surface area contributed by atoms with Crippen LogP contribution in [0.3, 0.4) is 0 Å². The number of aromatic nitrogens is 1. The maximum absolute atomic E-state index is 5.80. The Balaban J connectivity index is 1.61. The highest BCUT2D eigenvalue weighted by molar-refractivity contribution is 5.19. The van der Waals surface area contributed by atoms with Gasteiger partial charge in [0.2, 0.25) is 0 Å². The first-order valence-electron chi connectivity index (χ1n) is 6.57. The maximum Gasteiger partial charge on any atom is 0.138 e. The van der Waals surface area contributed by atoms with E-state index >= 15 is 0 Å². The third kappa shape index (κ3) is 4.73. The predicted molar refractivity (Wildman–Crippen MR) is 69.3 cm³/mol. The lowest BCUT2D eigenvalue weighted by atomic mass is 10.2. The molecule has 1 fully saturated rings. The zero-order valence-electron chi connectivity index (χ0n) is 10.8. The van der Waals surface area contributed by atoms with Crippen LogP contribution in [0.25, 0.3) is 0 Å². The number of ether oxygens (including phenoxy) is 1. The zero-order chi connectivity index (χ0) is 12.1. The predicted octanol–water partition coefficient (Wildman–Crippen LogP) is 2.69. The molecule has 0 amide bonds. The van der Waals surface area contributed by atoms with E-state index in [4.69, 9.17) is 4.74 Å². The lowest BCUT2D eigenvalue weighted by Gasteiger charge is -2.14. The Morgan fingerprint density at radius 3 is 2.94 bits per heavy atom. The van der Waals surface area contributed by atoms with Crippen molar-refractivity contribution in [2.45, 2.75) is 51.7 Å². The molecule has 0 radical (unpaired) electrons. The molecule has 0 aliphatic heterocycles. The Morgan fingerprint density at radius 1 is 1.47 bits per heavy atom. The molecule has 2 rings (SSSR count). The Kier molecular flexibility index (Phi) is 4.37. The minimum absolute atomic E-state index is 0.264. The van der Waals surface area contributed by atoms with Crippen molar-refractivity contribution in [2.75, 3.05) is 6.54 Å². The first-order valence-corrected chi connectivity index (χ1v) is 6.57. The minimum atomic E-state index is 0.264. The zero-order valence-corrected chi connectivity index (χ0v) is 10.8. The van der Waals surface area contributed by atoms with Gasteiger partial charge in [-0.25, -0.2) is 0 Å². The van der Waals surface area contributed by atoms with Gasteiger partial charge in [-0.15, -0.1) is 0 Å². The van der Waals surface area contributed by atoms with Gasteiger partial charge in [0.05, 0.1) is 12.3 Å². The molecule has 1 unspecified atom stereocenters. The van der Waals surface area contributed by atoms with Crippen molar-refractivity contribution < 1.29 is 4.74 Å². The highest BCUT2D eigenvalue weighted by Gasteiger charge is 2.19. The molecule has 1 heterocycles. The van der Waals surface area contributed by atoms with Crippen LogP contribution in [0.5, 0.6) is 5.75 Å². The highest BCUT2D eigenvalue weighted by atomic mass is 16.5. The molecule has 1 aromatic heterocycles. The molecule has 0 aromatic carbocycles. The standard InChI is InChI=1S/C14H22N2O/c1-11-5-8-14(10-16-11)17-12(2)4-3-9-15-13-6-7-13/h5,8,10,12-13,15H,3-4,6-7,9H2,1-2H3. The number of rotatable bonds is 7. The average molecular weight is 234 g/mol. The van der Waals surface area contributed by atoms with E-state index < -0.39 is 0 Å². The average Bonchev–Trinajstić information content (AvgIpc) is 3.12. The van der Waals surface area contributed by atoms with E-state index in [9.17, 15) is 0 Å². The van der Waals surface area contributed by atoms with E-state index in [1.54, 1.807) is 6.20 Å². The fraction of sp³-hybridized carbons (Fsp3) is 0.643. The lowest BCUT2D eigenvalue weighted by molar-refractivity contribution is 0.206. The summed E-state index contributed by atoms with van der Waals surface area (Å²) in [7, 11) is 0. The van der Waals surface area contributed by atoms with E-state index in [1.807, 2.05) is 19.1 Å². The second-order valence-corrected chi connectivity index (χ2v) is 4.93. The molecule has 17 heavy (non-hydrogen) atoms. The van der Waals surface area contributed by atoms with E-state index in [2.05, 4.69) is 17.2 Å². The van der Waals surface area contributed by atoms with Gasteiger partial charge in [0, 0.05) is 11.7 Å². The highest BCUT2D eigenvalue weighted by Crippen LogP contribution is 2.18. The Bertz CT molecular complexity index is 333. The lowest BCUT2D eigenvalue weighted by Crippen LogP contribution is -2.20. The Labute approximate surface area is 104 Å². The van der Waals surface area contributed by atoms with E-state index in [0.29, 0.717) is 0 Å². The summed E-state index contributed by atoms with van der Waals surface area (Å²) in [6.45, 7) is 5.22. The maximum atomic E-state index is 5.80. The number of aryl methyl sites for hydroxylation is 1. The summed E-state index contributed by atoms with van der Waals surface area (Å²) in [6, 6.07) is 4.78. The number of nitrogens with zero attached hydrogens (tertiary/aromatic N) is 1. The Hall–Kier alpha value is -1.09. The largest absolute Gasteiger partial charge is 0.489 e. The van der Waals surface area contributed by atoms with Gasteiger partial charge in [-0.3, -0.25) is 4.98 Å². The van der Waals surface area contributed by atoms with Crippen LogP contribution in [-0.4, -0.2) is 23.7 Å². The number of hydrogen-bond donors (Lipinski definition) is 1. The summed E-state index contributed by atoms with van der Waals surface area (Å²) in [5, 5.41) is 3.52. The van der Waals surface area contributed by atoms with E-state index in [1.165, 1.54) is 19.3 Å². The summed E-state index contributed by atoms with van der Waals surface area (Å²) < 4.78 is 5.80. The first-order chi connectivity index (χ1) is 8.24. The first kappa shape index (κ1) is 12.4. The van der Waals surface area contributed by atoms with Crippen molar-refractivity contribution in [2.24, 2.45) is 0 Å². The van der Waals surface area contributed by atoms with Crippen LogP contribution in [0.4, 0.5) is 0 Å². The van der Waals surface area contributed by atoms with E-state index in [0.717, 1.165) is 30.5 Å². The van der Waals surface area contributed by atoms with Gasteiger partial charge in [0.15, 0.2) is 0 Å². The van der Waals surface area contributed by atoms with Gasteiger partial charge in [-0.2, -0.15) is 0 Å². The van der Waals surface area contributed by atoms with Gasteiger partial charge in [-0.1, -0.05) is 0 Å². The van der Waals surface area contributed by atoms with Crippen LogP contribution in [0.1, 0.15) is 38.3 Å². The second-order valence-electron chi connectivity index (χ2n) is 4.93. The number of hydrogen-bond acceptors (Lipinski definition) is 3. The van der Waals surface area contributed by atoms with Crippen LogP contribution in [0.15, 0.2) is 18.3 Å². The number of pyridine rings is 1. The summed E-state index contributed by atoms with van der Waals surface area (Å²) >= 11 is 0. The van der Waals surface area contributed by atoms with Crippen LogP contribution < -0.4 is 10.1 Å². The van der Waals surface area contributed by atoms with Gasteiger partial charge in [0.1, 0.15) is 5.75 Å². The third-order valence-corrected chi connectivity index (χ3v) is 3.02. The van der Waals surface area contributed by atoms with Crippen molar-refractivity contribution in [1.82, 2.24) is 10.3 Å². The molecular formula is C14H22N2O. The van der Waals surface area contributed by atoms with Crippen LogP contribution in [0, 0.1) is 6.92 Å². The fourth-order valence-corrected chi connectivity index (χ4v) is 1.80. The van der Waals surface area contributed by atoms with Gasteiger partial charge in [0.25, 0.3) is 0 Å². The van der Waals surface area contributed by atoms with Gasteiger partial charge < -0.3 is 10.1 Å². The van der Waals surface area contributed by atoms with E-state index in [-0.39, 0.29) is 6.10 Å². The van der Waals surface area contributed by atoms with Gasteiger partial charge in [-0.05, 0) is 58.2 Å². The summed E-state index contributed by atoms with van der Waals surface area (Å²) in [6.07, 6.45) is 7.06. The van der Waals surface area contributed by atoms with Crippen molar-refractivity contribution >= 4 is 0 Å².